The summed E-state index contributed by atoms with van der Waals surface area (Å²) in [5.74, 6) is 0.289. The largest absolute Gasteiger partial charge is 0.744 e. The highest BCUT2D eigenvalue weighted by atomic mass is 32.2. The van der Waals surface area contributed by atoms with Crippen LogP contribution in [0.15, 0.2) is 52.5 Å². The number of hydrogen-bond donors (Lipinski definition) is 2. The number of anilines is 1. The minimum atomic E-state index is -4.46. The lowest BCUT2D eigenvalue weighted by Gasteiger charge is -2.07. The first-order valence-corrected chi connectivity index (χ1v) is 7.53. The van der Waals surface area contributed by atoms with E-state index in [0.717, 1.165) is 0 Å². The molecule has 7 nitrogen and oxygen atoms in total. The molecule has 0 unspecified atom stereocenters. The van der Waals surface area contributed by atoms with Gasteiger partial charge in [0.1, 0.15) is 10.1 Å². The lowest BCUT2D eigenvalue weighted by molar-refractivity contribution is 0.373. The number of nitrogens with one attached hydrogen (secondary N) is 1. The molecule has 0 amide bonds. The molecular formula is C14H13N2O5S-. The molecule has 0 aliphatic heterocycles. The van der Waals surface area contributed by atoms with Crippen LogP contribution in [0.1, 0.15) is 5.56 Å². The number of benzene rings is 2. The van der Waals surface area contributed by atoms with Gasteiger partial charge in [0.15, 0.2) is 11.5 Å². The zero-order valence-electron chi connectivity index (χ0n) is 11.6. The minimum absolute atomic E-state index is 0.0386. The van der Waals surface area contributed by atoms with Crippen molar-refractivity contribution < 1.29 is 22.8 Å². The topological polar surface area (TPSA) is 111 Å². The molecule has 0 spiro atoms. The fourth-order valence-electron chi connectivity index (χ4n) is 1.68. The summed E-state index contributed by atoms with van der Waals surface area (Å²) in [6.45, 7) is 0. The van der Waals surface area contributed by atoms with E-state index >= 15 is 0 Å². The van der Waals surface area contributed by atoms with Crippen LogP contribution in [0, 0.1) is 0 Å². The molecule has 0 aliphatic rings. The van der Waals surface area contributed by atoms with E-state index in [1.165, 1.54) is 37.6 Å². The van der Waals surface area contributed by atoms with Gasteiger partial charge in [-0.3, -0.25) is 5.43 Å². The second-order valence-corrected chi connectivity index (χ2v) is 5.63. The molecule has 0 saturated heterocycles. The number of phenols is 1. The highest BCUT2D eigenvalue weighted by Crippen LogP contribution is 2.28. The van der Waals surface area contributed by atoms with Crippen molar-refractivity contribution in [3.63, 3.8) is 0 Å². The predicted octanol–water partition coefficient (Wildman–Crippen LogP) is 1.75. The van der Waals surface area contributed by atoms with Gasteiger partial charge in [0.05, 0.1) is 23.9 Å². The predicted molar refractivity (Wildman–Crippen MR) is 80.3 cm³/mol. The Morgan fingerprint density at radius 2 is 1.91 bits per heavy atom. The third-order valence-electron chi connectivity index (χ3n) is 2.79. The molecule has 0 radical (unpaired) electrons. The molecule has 2 N–H and O–H groups in total. The molecule has 0 aromatic heterocycles. The molecule has 2 aromatic carbocycles. The van der Waals surface area contributed by atoms with Crippen LogP contribution in [-0.4, -0.2) is 31.4 Å². The maximum atomic E-state index is 10.8. The molecule has 0 aliphatic carbocycles. The Balaban J connectivity index is 2.10. The van der Waals surface area contributed by atoms with E-state index in [1.54, 1.807) is 18.2 Å². The summed E-state index contributed by atoms with van der Waals surface area (Å²) in [5.41, 5.74) is 3.60. The number of aromatic hydroxyl groups is 1. The quantitative estimate of drug-likeness (QED) is 0.493. The van der Waals surface area contributed by atoms with Crippen molar-refractivity contribution in [1.82, 2.24) is 0 Å². The van der Waals surface area contributed by atoms with Crippen LogP contribution in [0.2, 0.25) is 0 Å². The number of phenolic OH excluding ortho intramolecular Hbond substituents is 1. The number of para-hydroxylation sites is 1. The zero-order chi connectivity index (χ0) is 16.2. The van der Waals surface area contributed by atoms with Gasteiger partial charge in [0.25, 0.3) is 0 Å². The van der Waals surface area contributed by atoms with Gasteiger partial charge < -0.3 is 14.4 Å². The van der Waals surface area contributed by atoms with E-state index in [9.17, 15) is 18.1 Å². The monoisotopic (exact) mass is 321 g/mol. The molecule has 116 valence electrons. The van der Waals surface area contributed by atoms with Crippen molar-refractivity contribution in [3.8, 4) is 11.5 Å². The fraction of sp³-hybridized carbons (Fsp3) is 0.0714. The van der Waals surface area contributed by atoms with Gasteiger partial charge in [-0.15, -0.1) is 0 Å². The molecule has 0 fully saturated rings. The average Bonchev–Trinajstić information content (AvgIpc) is 2.48. The number of rotatable bonds is 5. The maximum absolute atomic E-state index is 10.8. The third-order valence-corrected chi connectivity index (χ3v) is 3.64. The molecule has 0 saturated carbocycles. The number of hydrogen-bond acceptors (Lipinski definition) is 7. The smallest absolute Gasteiger partial charge is 0.166 e. The second kappa shape index (κ2) is 6.46. The van der Waals surface area contributed by atoms with Gasteiger partial charge in [0.2, 0.25) is 0 Å². The number of nitrogens with zero attached hydrogens (tertiary/aromatic N) is 1. The van der Waals surface area contributed by atoms with Crippen LogP contribution in [0.3, 0.4) is 0 Å². The van der Waals surface area contributed by atoms with Crippen LogP contribution in [-0.2, 0) is 10.1 Å². The number of methoxy groups -OCH3 is 1. The van der Waals surface area contributed by atoms with Crippen LogP contribution in [0.5, 0.6) is 11.5 Å². The Kier molecular flexibility index (Phi) is 4.64. The van der Waals surface area contributed by atoms with E-state index in [-0.39, 0.29) is 10.6 Å². The average molecular weight is 321 g/mol. The Labute approximate surface area is 127 Å². The number of ether oxygens (including phenoxy) is 1. The van der Waals surface area contributed by atoms with E-state index in [1.807, 2.05) is 0 Å². The summed E-state index contributed by atoms with van der Waals surface area (Å²) >= 11 is 0. The molecule has 2 aromatic rings. The van der Waals surface area contributed by atoms with Crippen LogP contribution < -0.4 is 10.2 Å². The summed E-state index contributed by atoms with van der Waals surface area (Å²) in [4.78, 5) is -0.313. The van der Waals surface area contributed by atoms with E-state index in [4.69, 9.17) is 4.74 Å². The summed E-state index contributed by atoms with van der Waals surface area (Å²) in [6, 6.07) is 10.2. The van der Waals surface area contributed by atoms with Crippen molar-refractivity contribution in [1.29, 1.82) is 0 Å². The minimum Gasteiger partial charge on any atom is -0.744 e. The molecule has 8 heteroatoms. The van der Waals surface area contributed by atoms with Crippen molar-refractivity contribution in [2.24, 2.45) is 5.10 Å². The van der Waals surface area contributed by atoms with Gasteiger partial charge in [-0.1, -0.05) is 6.07 Å². The van der Waals surface area contributed by atoms with E-state index < -0.39 is 10.1 Å². The highest BCUT2D eigenvalue weighted by Gasteiger charge is 2.04. The maximum Gasteiger partial charge on any atom is 0.166 e. The normalized spacial score (nSPS) is 11.5. The fourth-order valence-corrected chi connectivity index (χ4v) is 2.15. The van der Waals surface area contributed by atoms with Crippen LogP contribution >= 0.6 is 0 Å². The first-order chi connectivity index (χ1) is 10.4. The van der Waals surface area contributed by atoms with Crippen molar-refractivity contribution in [2.45, 2.75) is 4.90 Å². The van der Waals surface area contributed by atoms with Gasteiger partial charge >= 0.3 is 0 Å². The first-order valence-electron chi connectivity index (χ1n) is 6.13. The van der Waals surface area contributed by atoms with E-state index in [2.05, 4.69) is 10.5 Å². The number of hydrazone groups is 1. The van der Waals surface area contributed by atoms with Gasteiger partial charge in [-0.25, -0.2) is 8.42 Å². The van der Waals surface area contributed by atoms with Gasteiger partial charge in [-0.2, -0.15) is 5.10 Å². The highest BCUT2D eigenvalue weighted by molar-refractivity contribution is 7.85. The molecule has 22 heavy (non-hydrogen) atoms. The second-order valence-electron chi connectivity index (χ2n) is 4.25. The molecule has 0 heterocycles. The Morgan fingerprint density at radius 3 is 2.50 bits per heavy atom. The van der Waals surface area contributed by atoms with Crippen LogP contribution in [0.25, 0.3) is 0 Å². The standard InChI is InChI=1S/C14H14N2O5S/c1-21-13-4-2-3-10(14(13)17)9-15-16-11-5-7-12(8-6-11)22(18,19)20/h2-9,16-17H,1H3,(H,18,19,20)/p-1. The van der Waals surface area contributed by atoms with Crippen molar-refractivity contribution in [2.75, 3.05) is 12.5 Å². The Hall–Kier alpha value is -2.58. The first kappa shape index (κ1) is 15.8. The lowest BCUT2D eigenvalue weighted by atomic mass is 10.2. The van der Waals surface area contributed by atoms with Crippen molar-refractivity contribution >= 4 is 22.0 Å². The third kappa shape index (κ3) is 3.74. The summed E-state index contributed by atoms with van der Waals surface area (Å²) in [6.07, 6.45) is 1.39. The van der Waals surface area contributed by atoms with E-state index in [0.29, 0.717) is 17.0 Å². The van der Waals surface area contributed by atoms with Crippen LogP contribution in [0.4, 0.5) is 5.69 Å². The Bertz CT molecular complexity index is 785. The summed E-state index contributed by atoms with van der Waals surface area (Å²) in [5, 5.41) is 13.8. The lowest BCUT2D eigenvalue weighted by Crippen LogP contribution is -1.98. The summed E-state index contributed by atoms with van der Waals surface area (Å²) < 4.78 is 37.4. The SMILES string of the molecule is COc1cccc(C=NNc2ccc(S(=O)(=O)[O-])cc2)c1O. The van der Waals surface area contributed by atoms with Gasteiger partial charge in [-0.05, 0) is 36.4 Å². The van der Waals surface area contributed by atoms with Crippen molar-refractivity contribution in [3.05, 3.63) is 48.0 Å². The summed E-state index contributed by atoms with van der Waals surface area (Å²) in [7, 11) is -3.02. The van der Waals surface area contributed by atoms with Gasteiger partial charge in [0, 0.05) is 5.56 Å². The molecule has 2 rings (SSSR count). The molecule has 0 bridgehead atoms. The molecular weight excluding hydrogens is 308 g/mol. The molecule has 0 atom stereocenters. The Morgan fingerprint density at radius 1 is 1.23 bits per heavy atom. The zero-order valence-corrected chi connectivity index (χ0v) is 12.4.